The standard InChI is InChI=1S/C7H6N3/c8-5-1-3-9-6-2-4-10-7(5)6/h1-4H,(H2,8,9). The highest BCUT2D eigenvalue weighted by atomic mass is 14.9. The third-order valence-corrected chi connectivity index (χ3v) is 1.42. The van der Waals surface area contributed by atoms with E-state index in [4.69, 9.17) is 5.73 Å². The van der Waals surface area contributed by atoms with E-state index >= 15 is 0 Å². The average Bonchev–Trinajstić information content (AvgIpc) is 2.36. The van der Waals surface area contributed by atoms with Gasteiger partial charge in [0.15, 0.2) is 0 Å². The molecule has 0 atom stereocenters. The summed E-state index contributed by atoms with van der Waals surface area (Å²) in [6.45, 7) is 0. The van der Waals surface area contributed by atoms with E-state index in [2.05, 4.69) is 10.3 Å². The molecule has 0 saturated carbocycles. The molecule has 0 aliphatic carbocycles. The van der Waals surface area contributed by atoms with Crippen LogP contribution in [0.2, 0.25) is 0 Å². The molecular weight excluding hydrogens is 126 g/mol. The van der Waals surface area contributed by atoms with Crippen LogP contribution in [-0.4, -0.2) is 4.98 Å². The minimum absolute atomic E-state index is 0.690. The van der Waals surface area contributed by atoms with Crippen LogP contribution in [-0.2, 0) is 0 Å². The highest BCUT2D eigenvalue weighted by molar-refractivity contribution is 5.76. The van der Waals surface area contributed by atoms with Gasteiger partial charge >= 0.3 is 0 Å². The maximum Gasteiger partial charge on any atom is 0.112 e. The maximum absolute atomic E-state index is 5.60. The van der Waals surface area contributed by atoms with Crippen molar-refractivity contribution in [3.05, 3.63) is 24.2 Å². The van der Waals surface area contributed by atoms with Gasteiger partial charge in [-0.05, 0) is 12.1 Å². The summed E-state index contributed by atoms with van der Waals surface area (Å²) in [5.41, 5.74) is 7.94. The summed E-state index contributed by atoms with van der Waals surface area (Å²) in [5.74, 6) is 0. The molecule has 0 aromatic carbocycles. The van der Waals surface area contributed by atoms with Gasteiger partial charge in [0.25, 0.3) is 0 Å². The molecule has 0 unspecified atom stereocenters. The fourth-order valence-corrected chi connectivity index (χ4v) is 0.931. The molecule has 3 nitrogen and oxygen atoms in total. The van der Waals surface area contributed by atoms with Crippen molar-refractivity contribution in [3.8, 4) is 0 Å². The molecule has 10 heavy (non-hydrogen) atoms. The lowest BCUT2D eigenvalue weighted by Gasteiger charge is -1.98. The van der Waals surface area contributed by atoms with E-state index in [9.17, 15) is 0 Å². The number of hydrogen-bond donors (Lipinski definition) is 1. The quantitative estimate of drug-likeness (QED) is 0.569. The summed E-state index contributed by atoms with van der Waals surface area (Å²) in [5, 5.41) is 4.03. The first-order valence-corrected chi connectivity index (χ1v) is 3.00. The summed E-state index contributed by atoms with van der Waals surface area (Å²) in [7, 11) is 0. The number of nitrogens with zero attached hydrogens (tertiary/aromatic N) is 2. The molecule has 3 heteroatoms. The summed E-state index contributed by atoms with van der Waals surface area (Å²) < 4.78 is 0. The summed E-state index contributed by atoms with van der Waals surface area (Å²) in [6, 6.07) is 1.75. The number of hydrogen-bond acceptors (Lipinski definition) is 2. The summed E-state index contributed by atoms with van der Waals surface area (Å²) in [4.78, 5) is 4.06. The fraction of sp³-hybridized carbons (Fsp3) is 0. The first-order valence-electron chi connectivity index (χ1n) is 3.00. The Morgan fingerprint density at radius 1 is 1.40 bits per heavy atom. The fourth-order valence-electron chi connectivity index (χ4n) is 0.931. The van der Waals surface area contributed by atoms with E-state index in [0.29, 0.717) is 5.69 Å². The lowest BCUT2D eigenvalue weighted by molar-refractivity contribution is 1.18. The minimum atomic E-state index is 0.690. The van der Waals surface area contributed by atoms with Gasteiger partial charge in [-0.3, -0.25) is 10.3 Å². The van der Waals surface area contributed by atoms with Crippen LogP contribution in [0.1, 0.15) is 5.69 Å². The van der Waals surface area contributed by atoms with E-state index in [1.165, 1.54) is 0 Å². The minimum Gasteiger partial charge on any atom is -0.397 e. The number of fused-ring (bicyclic) bond motifs is 1. The lowest BCUT2D eigenvalue weighted by atomic mass is 10.3. The molecule has 0 saturated heterocycles. The third-order valence-electron chi connectivity index (χ3n) is 1.42. The first kappa shape index (κ1) is 5.29. The van der Waals surface area contributed by atoms with E-state index in [1.54, 1.807) is 18.5 Å². The highest BCUT2D eigenvalue weighted by Crippen LogP contribution is 2.26. The topological polar surface area (TPSA) is 53.0 Å². The van der Waals surface area contributed by atoms with Crippen molar-refractivity contribution >= 4 is 17.5 Å². The molecule has 49 valence electrons. The highest BCUT2D eigenvalue weighted by Gasteiger charge is 2.08. The Morgan fingerprint density at radius 2 is 2.30 bits per heavy atom. The van der Waals surface area contributed by atoms with E-state index in [0.717, 1.165) is 11.4 Å². The zero-order valence-electron chi connectivity index (χ0n) is 5.28. The summed E-state index contributed by atoms with van der Waals surface area (Å²) >= 11 is 0. The number of pyridine rings is 1. The molecule has 1 aliphatic rings. The molecule has 1 aromatic rings. The van der Waals surface area contributed by atoms with Crippen molar-refractivity contribution in [2.24, 2.45) is 0 Å². The molecule has 1 aromatic heterocycles. The largest absolute Gasteiger partial charge is 0.397 e. The number of nitrogens with two attached hydrogens (primary N) is 1. The molecular formula is C7H6N3. The molecule has 2 N–H and O–H groups in total. The SMILES string of the molecule is Nc1ccnc2c1[N]C=C2. The Kier molecular flexibility index (Phi) is 0.917. The maximum atomic E-state index is 5.60. The molecule has 0 spiro atoms. The van der Waals surface area contributed by atoms with E-state index in [-0.39, 0.29) is 0 Å². The second kappa shape index (κ2) is 1.73. The lowest BCUT2D eigenvalue weighted by Crippen LogP contribution is -1.93. The van der Waals surface area contributed by atoms with Gasteiger partial charge in [-0.15, -0.1) is 0 Å². The van der Waals surface area contributed by atoms with Crippen molar-refractivity contribution in [1.82, 2.24) is 10.3 Å². The Balaban J connectivity index is 2.66. The van der Waals surface area contributed by atoms with Gasteiger partial charge in [-0.2, -0.15) is 0 Å². The molecule has 0 amide bonds. The molecule has 0 fully saturated rings. The number of aromatic nitrogens is 1. The van der Waals surface area contributed by atoms with Gasteiger partial charge in [-0.1, -0.05) is 0 Å². The Hall–Kier alpha value is -1.51. The second-order valence-corrected chi connectivity index (χ2v) is 2.08. The van der Waals surface area contributed by atoms with Crippen LogP contribution in [0.5, 0.6) is 0 Å². The van der Waals surface area contributed by atoms with Crippen LogP contribution in [0.3, 0.4) is 0 Å². The molecule has 1 radical (unpaired) electrons. The zero-order chi connectivity index (χ0) is 6.97. The predicted molar refractivity (Wildman–Crippen MR) is 39.5 cm³/mol. The predicted octanol–water partition coefficient (Wildman–Crippen LogP) is 0.884. The smallest absolute Gasteiger partial charge is 0.112 e. The van der Waals surface area contributed by atoms with Crippen LogP contribution < -0.4 is 11.1 Å². The number of nitrogen functional groups attached to an aromatic ring is 1. The molecule has 2 rings (SSSR count). The van der Waals surface area contributed by atoms with Gasteiger partial charge in [0, 0.05) is 12.4 Å². The van der Waals surface area contributed by atoms with Crippen LogP contribution >= 0.6 is 0 Å². The molecule has 2 heterocycles. The van der Waals surface area contributed by atoms with Crippen LogP contribution in [0.25, 0.3) is 6.08 Å². The Labute approximate surface area is 58.6 Å². The first-order chi connectivity index (χ1) is 4.88. The van der Waals surface area contributed by atoms with Crippen LogP contribution in [0, 0.1) is 0 Å². The van der Waals surface area contributed by atoms with E-state index < -0.39 is 0 Å². The third kappa shape index (κ3) is 0.572. The van der Waals surface area contributed by atoms with Gasteiger partial charge < -0.3 is 5.73 Å². The van der Waals surface area contributed by atoms with E-state index in [1.807, 2.05) is 6.08 Å². The van der Waals surface area contributed by atoms with Crippen molar-refractivity contribution in [2.45, 2.75) is 0 Å². The van der Waals surface area contributed by atoms with Gasteiger partial charge in [0.2, 0.25) is 0 Å². The number of rotatable bonds is 0. The van der Waals surface area contributed by atoms with Gasteiger partial charge in [0.1, 0.15) is 5.69 Å². The normalized spacial score (nSPS) is 12.8. The van der Waals surface area contributed by atoms with Gasteiger partial charge in [-0.25, -0.2) is 0 Å². The molecule has 0 bridgehead atoms. The number of anilines is 1. The molecule has 1 aliphatic heterocycles. The Morgan fingerprint density at radius 3 is 3.10 bits per heavy atom. The van der Waals surface area contributed by atoms with Crippen LogP contribution in [0.15, 0.2) is 18.5 Å². The van der Waals surface area contributed by atoms with Crippen molar-refractivity contribution < 1.29 is 0 Å². The average molecular weight is 132 g/mol. The van der Waals surface area contributed by atoms with Gasteiger partial charge in [0.05, 0.1) is 11.4 Å². The van der Waals surface area contributed by atoms with Crippen molar-refractivity contribution in [3.63, 3.8) is 0 Å². The monoisotopic (exact) mass is 132 g/mol. The van der Waals surface area contributed by atoms with Crippen molar-refractivity contribution in [2.75, 3.05) is 5.73 Å². The Bertz CT molecular complexity index is 291. The summed E-state index contributed by atoms with van der Waals surface area (Å²) in [6.07, 6.45) is 5.22. The second-order valence-electron chi connectivity index (χ2n) is 2.08. The van der Waals surface area contributed by atoms with Crippen molar-refractivity contribution in [1.29, 1.82) is 0 Å². The zero-order valence-corrected chi connectivity index (χ0v) is 5.28. The van der Waals surface area contributed by atoms with Crippen LogP contribution in [0.4, 0.5) is 11.4 Å².